The van der Waals surface area contributed by atoms with Gasteiger partial charge < -0.3 is 4.42 Å². The van der Waals surface area contributed by atoms with Crippen molar-refractivity contribution in [1.82, 2.24) is 4.98 Å². The lowest BCUT2D eigenvalue weighted by Crippen LogP contribution is -1.88. The summed E-state index contributed by atoms with van der Waals surface area (Å²) >= 11 is 1.83. The number of para-hydroxylation sites is 1. The summed E-state index contributed by atoms with van der Waals surface area (Å²) in [5.41, 5.74) is 6.33. The monoisotopic (exact) mass is 343 g/mol. The van der Waals surface area contributed by atoms with Crippen LogP contribution in [-0.2, 0) is 0 Å². The molecule has 3 aromatic heterocycles. The molecule has 0 atom stereocenters. The molecule has 0 spiro atoms. The van der Waals surface area contributed by atoms with Crippen molar-refractivity contribution in [2.45, 2.75) is 20.8 Å². The fourth-order valence-electron chi connectivity index (χ4n) is 3.51. The van der Waals surface area contributed by atoms with Gasteiger partial charge >= 0.3 is 0 Å². The van der Waals surface area contributed by atoms with Gasteiger partial charge in [0.05, 0.1) is 5.69 Å². The minimum Gasteiger partial charge on any atom is -0.455 e. The summed E-state index contributed by atoms with van der Waals surface area (Å²) in [7, 11) is 0. The Morgan fingerprint density at radius 2 is 1.80 bits per heavy atom. The average molecular weight is 343 g/mol. The van der Waals surface area contributed by atoms with Crippen LogP contribution < -0.4 is 0 Å². The molecule has 0 fully saturated rings. The van der Waals surface area contributed by atoms with Crippen molar-refractivity contribution in [1.29, 1.82) is 0 Å². The number of hydrogen-bond acceptors (Lipinski definition) is 3. The van der Waals surface area contributed by atoms with E-state index in [0.717, 1.165) is 27.8 Å². The van der Waals surface area contributed by atoms with E-state index < -0.39 is 0 Å². The number of fused-ring (bicyclic) bond motifs is 5. The van der Waals surface area contributed by atoms with Crippen molar-refractivity contribution >= 4 is 43.4 Å². The van der Waals surface area contributed by atoms with Gasteiger partial charge in [0.2, 0.25) is 0 Å². The third-order valence-electron chi connectivity index (χ3n) is 4.93. The number of aryl methyl sites for hydroxylation is 3. The second-order valence-corrected chi connectivity index (χ2v) is 7.93. The normalized spacial score (nSPS) is 11.8. The van der Waals surface area contributed by atoms with E-state index in [2.05, 4.69) is 68.2 Å². The van der Waals surface area contributed by atoms with Gasteiger partial charge in [-0.05, 0) is 62.2 Å². The van der Waals surface area contributed by atoms with E-state index in [1.807, 2.05) is 17.5 Å². The van der Waals surface area contributed by atoms with Crippen LogP contribution in [-0.4, -0.2) is 4.98 Å². The van der Waals surface area contributed by atoms with Gasteiger partial charge in [0.1, 0.15) is 11.2 Å². The molecule has 5 rings (SSSR count). The summed E-state index contributed by atoms with van der Waals surface area (Å²) < 4.78 is 7.60. The maximum Gasteiger partial charge on any atom is 0.144 e. The Balaban J connectivity index is 1.90. The largest absolute Gasteiger partial charge is 0.455 e. The quantitative estimate of drug-likeness (QED) is 0.335. The standard InChI is InChI=1S/C22H17NOS/c1-12-9-18(23-11-13(12)2)15-5-4-6-16-21-17-10-14(3)25-20(17)8-7-19(21)24-22(15)16/h4-11H,1-3H3. The Bertz CT molecular complexity index is 1280. The molecule has 0 saturated heterocycles. The van der Waals surface area contributed by atoms with Gasteiger partial charge in [-0.3, -0.25) is 4.98 Å². The molecule has 0 aliphatic rings. The van der Waals surface area contributed by atoms with E-state index in [1.54, 1.807) is 0 Å². The van der Waals surface area contributed by atoms with Crippen LogP contribution in [0.5, 0.6) is 0 Å². The van der Waals surface area contributed by atoms with E-state index in [4.69, 9.17) is 4.42 Å². The summed E-state index contributed by atoms with van der Waals surface area (Å²) in [4.78, 5) is 5.96. The van der Waals surface area contributed by atoms with Gasteiger partial charge in [-0.25, -0.2) is 0 Å². The smallest absolute Gasteiger partial charge is 0.144 e. The zero-order valence-electron chi connectivity index (χ0n) is 14.4. The first-order valence-corrected chi connectivity index (χ1v) is 9.21. The highest BCUT2D eigenvalue weighted by Gasteiger charge is 2.16. The number of hydrogen-bond donors (Lipinski definition) is 0. The molecule has 122 valence electrons. The van der Waals surface area contributed by atoms with Gasteiger partial charge in [0, 0.05) is 37.5 Å². The first-order valence-electron chi connectivity index (χ1n) is 8.40. The summed E-state index contributed by atoms with van der Waals surface area (Å²) in [6.45, 7) is 6.36. The topological polar surface area (TPSA) is 26.0 Å². The highest BCUT2D eigenvalue weighted by molar-refractivity contribution is 7.19. The first-order chi connectivity index (χ1) is 12.1. The molecule has 25 heavy (non-hydrogen) atoms. The maximum absolute atomic E-state index is 6.29. The molecule has 5 aromatic rings. The van der Waals surface area contributed by atoms with Crippen LogP contribution in [0.1, 0.15) is 16.0 Å². The Kier molecular flexibility index (Phi) is 3.03. The molecular weight excluding hydrogens is 326 g/mol. The van der Waals surface area contributed by atoms with Gasteiger partial charge in [-0.1, -0.05) is 12.1 Å². The maximum atomic E-state index is 6.29. The Morgan fingerprint density at radius 1 is 0.920 bits per heavy atom. The molecule has 0 radical (unpaired) electrons. The number of nitrogens with zero attached hydrogens (tertiary/aromatic N) is 1. The van der Waals surface area contributed by atoms with Crippen molar-refractivity contribution in [3.8, 4) is 11.3 Å². The van der Waals surface area contributed by atoms with Crippen LogP contribution in [0.3, 0.4) is 0 Å². The van der Waals surface area contributed by atoms with Crippen molar-refractivity contribution in [2.75, 3.05) is 0 Å². The number of aromatic nitrogens is 1. The van der Waals surface area contributed by atoms with E-state index in [1.165, 1.54) is 31.5 Å². The van der Waals surface area contributed by atoms with E-state index in [-0.39, 0.29) is 0 Å². The third kappa shape index (κ3) is 2.12. The van der Waals surface area contributed by atoms with Crippen molar-refractivity contribution in [2.24, 2.45) is 0 Å². The molecule has 3 heterocycles. The van der Waals surface area contributed by atoms with Crippen LogP contribution in [0.15, 0.2) is 53.1 Å². The third-order valence-corrected chi connectivity index (χ3v) is 5.95. The highest BCUT2D eigenvalue weighted by Crippen LogP contribution is 2.40. The molecule has 0 saturated carbocycles. The van der Waals surface area contributed by atoms with Gasteiger partial charge in [0.25, 0.3) is 0 Å². The summed E-state index contributed by atoms with van der Waals surface area (Å²) in [6, 6.07) is 15.0. The first kappa shape index (κ1) is 14.7. The Labute approximate surface area is 149 Å². The van der Waals surface area contributed by atoms with E-state index in [0.29, 0.717) is 0 Å². The molecule has 2 nitrogen and oxygen atoms in total. The van der Waals surface area contributed by atoms with Crippen LogP contribution in [0.2, 0.25) is 0 Å². The predicted octanol–water partition coefficient (Wildman–Crippen LogP) is 6.79. The van der Waals surface area contributed by atoms with Crippen molar-refractivity contribution < 1.29 is 4.42 Å². The van der Waals surface area contributed by atoms with Crippen LogP contribution in [0.4, 0.5) is 0 Å². The lowest BCUT2D eigenvalue weighted by molar-refractivity contribution is 0.670. The van der Waals surface area contributed by atoms with E-state index in [9.17, 15) is 0 Å². The Hall–Kier alpha value is -2.65. The van der Waals surface area contributed by atoms with Crippen LogP contribution >= 0.6 is 11.3 Å². The molecule has 0 unspecified atom stereocenters. The molecule has 2 aromatic carbocycles. The molecule has 0 N–H and O–H groups in total. The number of pyridine rings is 1. The lowest BCUT2D eigenvalue weighted by Gasteiger charge is -2.05. The average Bonchev–Trinajstić information content (AvgIpc) is 3.16. The van der Waals surface area contributed by atoms with Crippen molar-refractivity contribution in [3.05, 3.63) is 64.7 Å². The minimum absolute atomic E-state index is 0.921. The number of rotatable bonds is 1. The van der Waals surface area contributed by atoms with Gasteiger partial charge in [-0.15, -0.1) is 11.3 Å². The van der Waals surface area contributed by atoms with Crippen LogP contribution in [0, 0.1) is 20.8 Å². The second-order valence-electron chi connectivity index (χ2n) is 6.65. The van der Waals surface area contributed by atoms with Gasteiger partial charge in [-0.2, -0.15) is 0 Å². The highest BCUT2D eigenvalue weighted by atomic mass is 32.1. The summed E-state index contributed by atoms with van der Waals surface area (Å²) in [5, 5.41) is 3.66. The summed E-state index contributed by atoms with van der Waals surface area (Å²) in [6.07, 6.45) is 1.94. The molecule has 3 heteroatoms. The minimum atomic E-state index is 0.921. The fourth-order valence-corrected chi connectivity index (χ4v) is 4.44. The molecule has 0 aliphatic heterocycles. The lowest BCUT2D eigenvalue weighted by atomic mass is 10.0. The molecule has 0 bridgehead atoms. The van der Waals surface area contributed by atoms with Gasteiger partial charge in [0.15, 0.2) is 0 Å². The summed E-state index contributed by atoms with van der Waals surface area (Å²) in [5.74, 6) is 0. The number of benzene rings is 2. The zero-order valence-corrected chi connectivity index (χ0v) is 15.2. The van der Waals surface area contributed by atoms with Crippen LogP contribution in [0.25, 0.3) is 43.3 Å². The fraction of sp³-hybridized carbons (Fsp3) is 0.136. The molecule has 0 amide bonds. The van der Waals surface area contributed by atoms with E-state index >= 15 is 0 Å². The van der Waals surface area contributed by atoms with Crippen molar-refractivity contribution in [3.63, 3.8) is 0 Å². The SMILES string of the molecule is Cc1cc2c(ccc3oc4c(-c5cc(C)c(C)cn5)cccc4c32)s1. The Morgan fingerprint density at radius 3 is 2.64 bits per heavy atom. The molecule has 0 aliphatic carbocycles. The predicted molar refractivity (Wildman–Crippen MR) is 107 cm³/mol. The zero-order chi connectivity index (χ0) is 17.1. The second kappa shape index (κ2) is 5.17. The molecular formula is C22H17NOS. The number of thiophene rings is 1. The number of furan rings is 1.